The number of nitriles is 1. The van der Waals surface area contributed by atoms with Crippen LogP contribution in [-0.2, 0) is 4.79 Å². The van der Waals surface area contributed by atoms with Crippen molar-refractivity contribution >= 4 is 17.4 Å². The maximum absolute atomic E-state index is 13.6. The predicted octanol–water partition coefficient (Wildman–Crippen LogP) is 3.07. The van der Waals surface area contributed by atoms with Crippen LogP contribution in [-0.4, -0.2) is 5.78 Å². The van der Waals surface area contributed by atoms with Crippen LogP contribution in [0.2, 0.25) is 5.02 Å². The number of nitrogens with zero attached hydrogens (tertiary/aromatic N) is 1. The van der Waals surface area contributed by atoms with Crippen LogP contribution in [0, 0.1) is 23.1 Å². The lowest BCUT2D eigenvalue weighted by Gasteiger charge is -2.09. The highest BCUT2D eigenvalue weighted by Crippen LogP contribution is 2.36. The Morgan fingerprint density at radius 1 is 1.56 bits per heavy atom. The van der Waals surface area contributed by atoms with E-state index in [-0.39, 0.29) is 22.3 Å². The molecule has 82 valence electrons. The van der Waals surface area contributed by atoms with E-state index in [4.69, 9.17) is 16.9 Å². The van der Waals surface area contributed by atoms with Gasteiger partial charge in [-0.2, -0.15) is 5.26 Å². The van der Waals surface area contributed by atoms with Crippen LogP contribution >= 0.6 is 11.6 Å². The third-order valence-corrected chi connectivity index (χ3v) is 2.98. The Hall–Kier alpha value is -1.40. The van der Waals surface area contributed by atoms with Gasteiger partial charge in [-0.05, 0) is 18.9 Å². The molecule has 0 aromatic heterocycles. The van der Waals surface area contributed by atoms with Gasteiger partial charge in [0, 0.05) is 11.5 Å². The second-order valence-electron chi connectivity index (χ2n) is 3.88. The zero-order valence-corrected chi connectivity index (χ0v) is 9.17. The summed E-state index contributed by atoms with van der Waals surface area (Å²) in [6.45, 7) is 0. The highest BCUT2D eigenvalue weighted by molar-refractivity contribution is 6.30. The lowest BCUT2D eigenvalue weighted by molar-refractivity contribution is -0.120. The summed E-state index contributed by atoms with van der Waals surface area (Å²) in [5.41, 5.74) is 0.0897. The predicted molar refractivity (Wildman–Crippen MR) is 57.5 cm³/mol. The topological polar surface area (TPSA) is 40.9 Å². The smallest absolute Gasteiger partial charge is 0.157 e. The summed E-state index contributed by atoms with van der Waals surface area (Å²) in [5, 5.41) is 8.91. The molecule has 1 fully saturated rings. The second kappa shape index (κ2) is 4.23. The number of carbonyl (C=O) groups is 1. The van der Waals surface area contributed by atoms with Gasteiger partial charge in [-0.1, -0.05) is 23.7 Å². The number of carbonyl (C=O) groups excluding carboxylic acids is 1. The van der Waals surface area contributed by atoms with Crippen molar-refractivity contribution in [3.63, 3.8) is 0 Å². The number of benzene rings is 1. The summed E-state index contributed by atoms with van der Waals surface area (Å²) in [7, 11) is 0. The van der Waals surface area contributed by atoms with Crippen molar-refractivity contribution in [3.05, 3.63) is 34.6 Å². The van der Waals surface area contributed by atoms with Gasteiger partial charge in [-0.3, -0.25) is 4.79 Å². The molecular weight excluding hydrogens is 229 g/mol. The second-order valence-corrected chi connectivity index (χ2v) is 4.29. The van der Waals surface area contributed by atoms with E-state index < -0.39 is 11.7 Å². The number of ketones is 1. The van der Waals surface area contributed by atoms with Crippen molar-refractivity contribution in [1.82, 2.24) is 0 Å². The molecule has 1 aliphatic carbocycles. The van der Waals surface area contributed by atoms with E-state index in [1.807, 2.05) is 6.07 Å². The number of rotatable bonds is 3. The van der Waals surface area contributed by atoms with Crippen molar-refractivity contribution in [2.24, 2.45) is 5.92 Å². The van der Waals surface area contributed by atoms with Gasteiger partial charge < -0.3 is 0 Å². The molecule has 1 aliphatic rings. The van der Waals surface area contributed by atoms with E-state index >= 15 is 0 Å². The van der Waals surface area contributed by atoms with Crippen molar-refractivity contribution in [1.29, 1.82) is 5.26 Å². The lowest BCUT2D eigenvalue weighted by atomic mass is 9.93. The van der Waals surface area contributed by atoms with Gasteiger partial charge in [-0.15, -0.1) is 0 Å². The molecular formula is C12H9ClFNO. The average molecular weight is 238 g/mol. The fourth-order valence-corrected chi connectivity index (χ4v) is 1.82. The first kappa shape index (κ1) is 11.1. The maximum Gasteiger partial charge on any atom is 0.157 e. The fraction of sp³-hybridized carbons (Fsp3) is 0.333. The molecule has 0 heterocycles. The van der Waals surface area contributed by atoms with E-state index in [0.717, 1.165) is 12.8 Å². The molecule has 1 saturated carbocycles. The molecule has 0 spiro atoms. The minimum atomic E-state index is -1.02. The Labute approximate surface area is 97.6 Å². The molecule has 1 aromatic carbocycles. The zero-order chi connectivity index (χ0) is 11.7. The van der Waals surface area contributed by atoms with E-state index in [2.05, 4.69) is 0 Å². The van der Waals surface area contributed by atoms with Crippen LogP contribution in [0.15, 0.2) is 18.2 Å². The number of hydrogen-bond acceptors (Lipinski definition) is 2. The first-order valence-corrected chi connectivity index (χ1v) is 5.40. The van der Waals surface area contributed by atoms with Crippen LogP contribution in [0.4, 0.5) is 4.39 Å². The Morgan fingerprint density at radius 3 is 2.81 bits per heavy atom. The number of halogens is 2. The molecule has 1 aromatic rings. The van der Waals surface area contributed by atoms with Crippen molar-refractivity contribution < 1.29 is 9.18 Å². The van der Waals surface area contributed by atoms with Crippen LogP contribution in [0.3, 0.4) is 0 Å². The summed E-state index contributed by atoms with van der Waals surface area (Å²) in [6, 6.07) is 6.25. The zero-order valence-electron chi connectivity index (χ0n) is 8.41. The van der Waals surface area contributed by atoms with Crippen LogP contribution in [0.25, 0.3) is 0 Å². The molecule has 2 rings (SSSR count). The highest BCUT2D eigenvalue weighted by atomic mass is 35.5. The van der Waals surface area contributed by atoms with Crippen LogP contribution in [0.5, 0.6) is 0 Å². The molecule has 0 N–H and O–H groups in total. The summed E-state index contributed by atoms with van der Waals surface area (Å²) in [6.07, 6.45) is 1.61. The molecule has 0 amide bonds. The Bertz CT molecular complexity index is 476. The Balaban J connectivity index is 2.37. The van der Waals surface area contributed by atoms with E-state index in [0.29, 0.717) is 0 Å². The number of hydrogen-bond donors (Lipinski definition) is 0. The summed E-state index contributed by atoms with van der Waals surface area (Å²) >= 11 is 5.62. The van der Waals surface area contributed by atoms with Crippen LogP contribution < -0.4 is 0 Å². The van der Waals surface area contributed by atoms with Crippen molar-refractivity contribution in [2.75, 3.05) is 0 Å². The minimum absolute atomic E-state index is 0.0543. The molecule has 1 unspecified atom stereocenters. The van der Waals surface area contributed by atoms with Gasteiger partial charge in [-0.25, -0.2) is 4.39 Å². The van der Waals surface area contributed by atoms with Gasteiger partial charge in [0.25, 0.3) is 0 Å². The Morgan fingerprint density at radius 2 is 2.25 bits per heavy atom. The van der Waals surface area contributed by atoms with Crippen molar-refractivity contribution in [3.8, 4) is 6.07 Å². The third-order valence-electron chi connectivity index (χ3n) is 2.69. The van der Waals surface area contributed by atoms with Gasteiger partial charge in [0.2, 0.25) is 0 Å². The van der Waals surface area contributed by atoms with Crippen LogP contribution in [0.1, 0.15) is 24.3 Å². The third kappa shape index (κ3) is 1.94. The highest BCUT2D eigenvalue weighted by Gasteiger charge is 2.36. The van der Waals surface area contributed by atoms with Crippen molar-refractivity contribution in [2.45, 2.75) is 18.8 Å². The van der Waals surface area contributed by atoms with E-state index in [1.165, 1.54) is 12.1 Å². The molecule has 2 nitrogen and oxygen atoms in total. The average Bonchev–Trinajstić information content (AvgIpc) is 3.08. The molecule has 0 radical (unpaired) electrons. The van der Waals surface area contributed by atoms with Gasteiger partial charge in [0.05, 0.1) is 11.1 Å². The monoisotopic (exact) mass is 237 g/mol. The molecule has 0 bridgehead atoms. The van der Waals surface area contributed by atoms with Gasteiger partial charge in [0.1, 0.15) is 11.7 Å². The number of Topliss-reactive ketones (excluding diaryl/α,β-unsaturated/α-hetero) is 1. The molecule has 0 saturated heterocycles. The summed E-state index contributed by atoms with van der Waals surface area (Å²) in [4.78, 5) is 11.8. The van der Waals surface area contributed by atoms with E-state index in [9.17, 15) is 9.18 Å². The molecule has 0 aliphatic heterocycles. The standard InChI is InChI=1S/C12H9ClFNO/c13-10-3-1-2-8(11(10)14)9(6-15)12(16)7-4-5-7/h1-3,7,9H,4-5H2. The summed E-state index contributed by atoms with van der Waals surface area (Å²) < 4.78 is 13.6. The van der Waals surface area contributed by atoms with E-state index in [1.54, 1.807) is 6.07 Å². The first-order chi connectivity index (χ1) is 7.65. The SMILES string of the molecule is N#CC(C(=O)C1CC1)c1cccc(Cl)c1F. The maximum atomic E-state index is 13.6. The fourth-order valence-electron chi connectivity index (χ4n) is 1.63. The molecule has 1 atom stereocenters. The molecule has 4 heteroatoms. The van der Waals surface area contributed by atoms with Gasteiger partial charge >= 0.3 is 0 Å². The quantitative estimate of drug-likeness (QED) is 0.811. The van der Waals surface area contributed by atoms with Gasteiger partial charge in [0.15, 0.2) is 5.78 Å². The molecule has 16 heavy (non-hydrogen) atoms. The summed E-state index contributed by atoms with van der Waals surface area (Å²) in [5.74, 6) is -1.94. The minimum Gasteiger partial charge on any atom is -0.298 e. The first-order valence-electron chi connectivity index (χ1n) is 5.02. The normalized spacial score (nSPS) is 16.6. The lowest BCUT2D eigenvalue weighted by Crippen LogP contribution is -2.14. The Kier molecular flexibility index (Phi) is 2.93. The largest absolute Gasteiger partial charge is 0.298 e.